The smallest absolute Gasteiger partial charge is 0.0781 e. The fourth-order valence-electron chi connectivity index (χ4n) is 3.18. The van der Waals surface area contributed by atoms with E-state index in [1.807, 2.05) is 19.1 Å². The van der Waals surface area contributed by atoms with Crippen LogP contribution >= 0.6 is 0 Å². The summed E-state index contributed by atoms with van der Waals surface area (Å²) in [7, 11) is 0. The van der Waals surface area contributed by atoms with Gasteiger partial charge in [-0.05, 0) is 25.8 Å². The molecule has 1 N–H and O–H groups in total. The highest BCUT2D eigenvalue weighted by molar-refractivity contribution is 5.57. The third-order valence-corrected chi connectivity index (χ3v) is 4.33. The van der Waals surface area contributed by atoms with E-state index in [1.165, 1.54) is 18.5 Å². The molecule has 98 valence electrons. The van der Waals surface area contributed by atoms with E-state index in [2.05, 4.69) is 17.0 Å². The number of hydrogen-bond donors (Lipinski definition) is 1. The number of aliphatic hydroxyl groups is 1. The molecule has 0 saturated carbocycles. The average molecular weight is 247 g/mol. The molecule has 0 amide bonds. The van der Waals surface area contributed by atoms with E-state index in [4.69, 9.17) is 4.74 Å². The van der Waals surface area contributed by atoms with Gasteiger partial charge in [-0.15, -0.1) is 0 Å². The van der Waals surface area contributed by atoms with Gasteiger partial charge < -0.3 is 14.7 Å². The predicted octanol–water partition coefficient (Wildman–Crippen LogP) is 2.36. The summed E-state index contributed by atoms with van der Waals surface area (Å²) in [5, 5.41) is 9.83. The quantitative estimate of drug-likeness (QED) is 0.871. The summed E-state index contributed by atoms with van der Waals surface area (Å²) in [6.07, 6.45) is 1.97. The zero-order chi connectivity index (χ0) is 12.6. The predicted molar refractivity (Wildman–Crippen MR) is 71.8 cm³/mol. The maximum absolute atomic E-state index is 9.83. The molecule has 1 aromatic rings. The minimum Gasteiger partial charge on any atom is -0.389 e. The average Bonchev–Trinajstić information content (AvgIpc) is 2.37. The van der Waals surface area contributed by atoms with Crippen molar-refractivity contribution in [2.45, 2.75) is 25.9 Å². The van der Waals surface area contributed by atoms with Crippen molar-refractivity contribution < 1.29 is 9.84 Å². The molecular formula is C15H21NO2. The summed E-state index contributed by atoms with van der Waals surface area (Å²) in [4.78, 5) is 2.40. The molecule has 1 spiro atoms. The van der Waals surface area contributed by atoms with Gasteiger partial charge in [-0.2, -0.15) is 0 Å². The highest BCUT2D eigenvalue weighted by atomic mass is 16.5. The Morgan fingerprint density at radius 1 is 1.22 bits per heavy atom. The highest BCUT2D eigenvalue weighted by Crippen LogP contribution is 2.43. The number of benzene rings is 1. The number of aliphatic hydroxyl groups excluding tert-OH is 1. The third-order valence-electron chi connectivity index (χ3n) is 4.33. The van der Waals surface area contributed by atoms with Gasteiger partial charge in [-0.3, -0.25) is 0 Å². The SMILES string of the molecule is CC(O)c1ccccc1N1CC2(CCOCC2)C1. The number of rotatable bonds is 2. The van der Waals surface area contributed by atoms with Crippen LogP contribution in [0.4, 0.5) is 5.69 Å². The molecule has 0 aliphatic carbocycles. The lowest BCUT2D eigenvalue weighted by Gasteiger charge is -2.53. The maximum atomic E-state index is 9.83. The van der Waals surface area contributed by atoms with Gasteiger partial charge in [0.1, 0.15) is 0 Å². The van der Waals surface area contributed by atoms with Crippen LogP contribution in [0.2, 0.25) is 0 Å². The Morgan fingerprint density at radius 3 is 2.56 bits per heavy atom. The van der Waals surface area contributed by atoms with E-state index in [-0.39, 0.29) is 0 Å². The van der Waals surface area contributed by atoms with E-state index in [0.29, 0.717) is 5.41 Å². The molecule has 2 aliphatic heterocycles. The van der Waals surface area contributed by atoms with Crippen LogP contribution in [0.15, 0.2) is 24.3 Å². The minimum atomic E-state index is -0.396. The molecular weight excluding hydrogens is 226 g/mol. The van der Waals surface area contributed by atoms with Crippen molar-refractivity contribution in [3.8, 4) is 0 Å². The lowest BCUT2D eigenvalue weighted by molar-refractivity contribution is -0.000370. The molecule has 2 aliphatic rings. The van der Waals surface area contributed by atoms with Crippen molar-refractivity contribution >= 4 is 5.69 Å². The lowest BCUT2D eigenvalue weighted by atomic mass is 9.73. The van der Waals surface area contributed by atoms with E-state index in [1.54, 1.807) is 0 Å². The van der Waals surface area contributed by atoms with Crippen LogP contribution in [0.1, 0.15) is 31.4 Å². The molecule has 2 heterocycles. The molecule has 0 aromatic heterocycles. The normalized spacial score (nSPS) is 23.8. The summed E-state index contributed by atoms with van der Waals surface area (Å²) in [6, 6.07) is 8.19. The Bertz CT molecular complexity index is 416. The van der Waals surface area contributed by atoms with Gasteiger partial charge in [0.25, 0.3) is 0 Å². The van der Waals surface area contributed by atoms with Crippen LogP contribution in [0.25, 0.3) is 0 Å². The maximum Gasteiger partial charge on any atom is 0.0781 e. The Kier molecular flexibility index (Phi) is 3.04. The van der Waals surface area contributed by atoms with Crippen molar-refractivity contribution in [2.24, 2.45) is 5.41 Å². The molecule has 0 bridgehead atoms. The lowest BCUT2D eigenvalue weighted by Crippen LogP contribution is -2.58. The number of hydrogen-bond acceptors (Lipinski definition) is 3. The second-order valence-electron chi connectivity index (χ2n) is 5.70. The number of ether oxygens (including phenoxy) is 1. The Balaban J connectivity index is 1.74. The first kappa shape index (κ1) is 12.0. The minimum absolute atomic E-state index is 0.396. The molecule has 3 heteroatoms. The van der Waals surface area contributed by atoms with Crippen molar-refractivity contribution in [1.82, 2.24) is 0 Å². The van der Waals surface area contributed by atoms with Crippen LogP contribution < -0.4 is 4.90 Å². The van der Waals surface area contributed by atoms with Crippen molar-refractivity contribution in [3.63, 3.8) is 0 Å². The van der Waals surface area contributed by atoms with Crippen LogP contribution in [0.3, 0.4) is 0 Å². The van der Waals surface area contributed by atoms with Gasteiger partial charge in [-0.1, -0.05) is 18.2 Å². The van der Waals surface area contributed by atoms with Gasteiger partial charge in [0.2, 0.25) is 0 Å². The van der Waals surface area contributed by atoms with Crippen molar-refractivity contribution in [1.29, 1.82) is 0 Å². The van der Waals surface area contributed by atoms with E-state index in [9.17, 15) is 5.11 Å². The summed E-state index contributed by atoms with van der Waals surface area (Å²) in [5.41, 5.74) is 2.72. The highest BCUT2D eigenvalue weighted by Gasteiger charge is 2.44. The van der Waals surface area contributed by atoms with Crippen LogP contribution in [0, 0.1) is 5.41 Å². The Morgan fingerprint density at radius 2 is 1.89 bits per heavy atom. The van der Waals surface area contributed by atoms with Gasteiger partial charge in [0.05, 0.1) is 6.10 Å². The largest absolute Gasteiger partial charge is 0.389 e. The first-order chi connectivity index (χ1) is 8.70. The van der Waals surface area contributed by atoms with Gasteiger partial charge in [-0.25, -0.2) is 0 Å². The zero-order valence-corrected chi connectivity index (χ0v) is 10.9. The van der Waals surface area contributed by atoms with E-state index < -0.39 is 6.10 Å². The number of para-hydroxylation sites is 1. The summed E-state index contributed by atoms with van der Waals surface area (Å²) < 4.78 is 5.45. The van der Waals surface area contributed by atoms with Crippen LogP contribution in [-0.2, 0) is 4.74 Å². The number of anilines is 1. The van der Waals surface area contributed by atoms with Gasteiger partial charge in [0, 0.05) is 43.0 Å². The first-order valence-electron chi connectivity index (χ1n) is 6.80. The fraction of sp³-hybridized carbons (Fsp3) is 0.600. The van der Waals surface area contributed by atoms with E-state index >= 15 is 0 Å². The topological polar surface area (TPSA) is 32.7 Å². The molecule has 1 atom stereocenters. The third kappa shape index (κ3) is 2.02. The molecule has 0 radical (unpaired) electrons. The molecule has 3 nitrogen and oxygen atoms in total. The fourth-order valence-corrected chi connectivity index (χ4v) is 3.18. The molecule has 2 fully saturated rings. The molecule has 18 heavy (non-hydrogen) atoms. The summed E-state index contributed by atoms with van der Waals surface area (Å²) in [5.74, 6) is 0. The first-order valence-corrected chi connectivity index (χ1v) is 6.80. The summed E-state index contributed by atoms with van der Waals surface area (Å²) >= 11 is 0. The van der Waals surface area contributed by atoms with Gasteiger partial charge >= 0.3 is 0 Å². The van der Waals surface area contributed by atoms with Gasteiger partial charge in [0.15, 0.2) is 0 Å². The Labute approximate surface area is 108 Å². The van der Waals surface area contributed by atoms with E-state index in [0.717, 1.165) is 31.9 Å². The second-order valence-corrected chi connectivity index (χ2v) is 5.70. The second kappa shape index (κ2) is 4.56. The van der Waals surface area contributed by atoms with Crippen molar-refractivity contribution in [2.75, 3.05) is 31.2 Å². The standard InChI is InChI=1S/C15H21NO2/c1-12(17)13-4-2-3-5-14(13)16-10-15(11-16)6-8-18-9-7-15/h2-5,12,17H,6-11H2,1H3. The zero-order valence-electron chi connectivity index (χ0n) is 10.9. The summed E-state index contributed by atoms with van der Waals surface area (Å²) in [6.45, 7) is 5.88. The van der Waals surface area contributed by atoms with Crippen LogP contribution in [0.5, 0.6) is 0 Å². The van der Waals surface area contributed by atoms with Crippen LogP contribution in [-0.4, -0.2) is 31.4 Å². The number of nitrogens with zero attached hydrogens (tertiary/aromatic N) is 1. The molecule has 1 unspecified atom stereocenters. The Hall–Kier alpha value is -1.06. The molecule has 1 aromatic carbocycles. The van der Waals surface area contributed by atoms with Crippen molar-refractivity contribution in [3.05, 3.63) is 29.8 Å². The monoisotopic (exact) mass is 247 g/mol. The molecule has 2 saturated heterocycles. The molecule has 3 rings (SSSR count).